The summed E-state index contributed by atoms with van der Waals surface area (Å²) in [5.74, 6) is -1.80. The maximum absolute atomic E-state index is 12.1. The fourth-order valence-corrected chi connectivity index (χ4v) is 1.81. The van der Waals surface area contributed by atoms with Crippen LogP contribution in [0.15, 0.2) is 0 Å². The van der Waals surface area contributed by atoms with E-state index in [2.05, 4.69) is 0 Å². The van der Waals surface area contributed by atoms with E-state index >= 15 is 0 Å². The van der Waals surface area contributed by atoms with Crippen molar-refractivity contribution in [2.75, 3.05) is 7.05 Å². The van der Waals surface area contributed by atoms with Crippen molar-refractivity contribution in [2.45, 2.75) is 44.0 Å². The summed E-state index contributed by atoms with van der Waals surface area (Å²) in [6.45, 7) is 0. The van der Waals surface area contributed by atoms with Crippen LogP contribution in [-0.2, 0) is 4.79 Å². The van der Waals surface area contributed by atoms with Gasteiger partial charge in [0.15, 0.2) is 0 Å². The summed E-state index contributed by atoms with van der Waals surface area (Å²) in [7, 11) is 1.16. The highest BCUT2D eigenvalue weighted by Gasteiger charge is 2.43. The fraction of sp³-hybridized carbons (Fsp3) is 0.889. The first-order valence-corrected chi connectivity index (χ1v) is 4.84. The minimum absolute atomic E-state index is 0.400. The Labute approximate surface area is 85.9 Å². The predicted molar refractivity (Wildman–Crippen MR) is 47.1 cm³/mol. The quantitative estimate of drug-likeness (QED) is 0.731. The first-order valence-electron chi connectivity index (χ1n) is 4.84. The second kappa shape index (κ2) is 4.38. The molecule has 6 heteroatoms. The molecule has 1 amide bonds. The number of carbonyl (C=O) groups excluding carboxylic acids is 1. The van der Waals surface area contributed by atoms with Gasteiger partial charge in [-0.2, -0.15) is 13.2 Å². The molecule has 15 heavy (non-hydrogen) atoms. The van der Waals surface area contributed by atoms with Crippen LogP contribution in [0.2, 0.25) is 0 Å². The number of hydrogen-bond donors (Lipinski definition) is 1. The van der Waals surface area contributed by atoms with Gasteiger partial charge in [0, 0.05) is 13.1 Å². The van der Waals surface area contributed by atoms with Crippen molar-refractivity contribution in [1.29, 1.82) is 0 Å². The highest BCUT2D eigenvalue weighted by molar-refractivity contribution is 5.81. The Hall–Kier alpha value is -0.780. The average Bonchev–Trinajstić information content (AvgIpc) is 2.15. The molecule has 0 aromatic rings. The van der Waals surface area contributed by atoms with Gasteiger partial charge in [-0.05, 0) is 25.7 Å². The minimum Gasteiger partial charge on any atom is -0.393 e. The van der Waals surface area contributed by atoms with Crippen molar-refractivity contribution < 1.29 is 23.1 Å². The standard InChI is InChI=1S/C9H14F3NO2/c1-13(8(15)9(10,11)12)6-2-4-7(14)5-3-6/h6-7,14H,2-5H2,1H3/t6-,7-. The summed E-state index contributed by atoms with van der Waals surface area (Å²) in [5.41, 5.74) is 0. The predicted octanol–water partition coefficient (Wildman–Crippen LogP) is 1.31. The van der Waals surface area contributed by atoms with Gasteiger partial charge in [-0.3, -0.25) is 4.79 Å². The lowest BCUT2D eigenvalue weighted by atomic mass is 9.92. The molecule has 0 unspecified atom stereocenters. The van der Waals surface area contributed by atoms with Gasteiger partial charge >= 0.3 is 12.1 Å². The van der Waals surface area contributed by atoms with E-state index in [1.54, 1.807) is 0 Å². The molecular weight excluding hydrogens is 211 g/mol. The molecule has 3 nitrogen and oxygen atoms in total. The average molecular weight is 225 g/mol. The van der Waals surface area contributed by atoms with Crippen LogP contribution in [0.4, 0.5) is 13.2 Å². The SMILES string of the molecule is CN(C(=O)C(F)(F)F)[C@H]1CC[C@H](O)CC1. The largest absolute Gasteiger partial charge is 0.471 e. The second-order valence-electron chi connectivity index (χ2n) is 3.88. The Morgan fingerprint density at radius 1 is 1.27 bits per heavy atom. The van der Waals surface area contributed by atoms with Crippen LogP contribution in [0.3, 0.4) is 0 Å². The van der Waals surface area contributed by atoms with Gasteiger partial charge < -0.3 is 10.0 Å². The van der Waals surface area contributed by atoms with Crippen molar-refractivity contribution in [1.82, 2.24) is 4.90 Å². The second-order valence-corrected chi connectivity index (χ2v) is 3.88. The number of halogens is 3. The van der Waals surface area contributed by atoms with Crippen molar-refractivity contribution >= 4 is 5.91 Å². The Morgan fingerprint density at radius 3 is 2.13 bits per heavy atom. The molecule has 1 saturated carbocycles. The Balaban J connectivity index is 2.54. The molecule has 1 rings (SSSR count). The number of carbonyl (C=O) groups is 1. The van der Waals surface area contributed by atoms with Crippen molar-refractivity contribution in [3.05, 3.63) is 0 Å². The molecule has 0 aromatic carbocycles. The van der Waals surface area contributed by atoms with E-state index in [4.69, 9.17) is 0 Å². The number of alkyl halides is 3. The van der Waals surface area contributed by atoms with Crippen molar-refractivity contribution in [3.63, 3.8) is 0 Å². The van der Waals surface area contributed by atoms with E-state index in [1.807, 2.05) is 0 Å². The van der Waals surface area contributed by atoms with Gasteiger partial charge in [-0.1, -0.05) is 0 Å². The molecule has 0 aromatic heterocycles. The zero-order valence-electron chi connectivity index (χ0n) is 8.42. The summed E-state index contributed by atoms with van der Waals surface area (Å²) in [5, 5.41) is 9.18. The van der Waals surface area contributed by atoms with Crippen LogP contribution in [0, 0.1) is 0 Å². The number of aliphatic hydroxyl groups is 1. The van der Waals surface area contributed by atoms with Gasteiger partial charge in [-0.25, -0.2) is 0 Å². The number of rotatable bonds is 1. The third-order valence-corrected chi connectivity index (χ3v) is 2.78. The highest BCUT2D eigenvalue weighted by atomic mass is 19.4. The molecule has 1 aliphatic carbocycles. The zero-order chi connectivity index (χ0) is 11.6. The summed E-state index contributed by atoms with van der Waals surface area (Å²) < 4.78 is 36.3. The maximum Gasteiger partial charge on any atom is 0.471 e. The highest BCUT2D eigenvalue weighted by Crippen LogP contribution is 2.26. The Bertz CT molecular complexity index is 234. The van der Waals surface area contributed by atoms with Gasteiger partial charge in [0.05, 0.1) is 6.10 Å². The zero-order valence-corrected chi connectivity index (χ0v) is 8.42. The van der Waals surface area contributed by atoms with Crippen LogP contribution in [0.5, 0.6) is 0 Å². The molecule has 0 aliphatic heterocycles. The van der Waals surface area contributed by atoms with Crippen LogP contribution in [-0.4, -0.2) is 41.3 Å². The maximum atomic E-state index is 12.1. The lowest BCUT2D eigenvalue weighted by molar-refractivity contribution is -0.187. The minimum atomic E-state index is -4.80. The lowest BCUT2D eigenvalue weighted by Crippen LogP contribution is -2.46. The number of hydrogen-bond acceptors (Lipinski definition) is 2. The Morgan fingerprint density at radius 2 is 1.73 bits per heavy atom. The fourth-order valence-electron chi connectivity index (χ4n) is 1.81. The molecule has 1 aliphatic rings. The topological polar surface area (TPSA) is 40.5 Å². The molecule has 1 fully saturated rings. The van der Waals surface area contributed by atoms with E-state index in [-0.39, 0.29) is 0 Å². The molecular formula is C9H14F3NO2. The van der Waals surface area contributed by atoms with E-state index < -0.39 is 24.2 Å². The van der Waals surface area contributed by atoms with Gasteiger partial charge in [0.2, 0.25) is 0 Å². The van der Waals surface area contributed by atoms with E-state index in [0.29, 0.717) is 25.7 Å². The van der Waals surface area contributed by atoms with E-state index in [9.17, 15) is 23.1 Å². The number of nitrogens with zero attached hydrogens (tertiary/aromatic N) is 1. The molecule has 0 heterocycles. The normalized spacial score (nSPS) is 27.5. The van der Waals surface area contributed by atoms with E-state index in [0.717, 1.165) is 11.9 Å². The summed E-state index contributed by atoms with van der Waals surface area (Å²) >= 11 is 0. The lowest BCUT2D eigenvalue weighted by Gasteiger charge is -2.33. The van der Waals surface area contributed by atoms with Crippen molar-refractivity contribution in [2.24, 2.45) is 0 Å². The molecule has 0 spiro atoms. The molecule has 0 saturated heterocycles. The summed E-state index contributed by atoms with van der Waals surface area (Å²) in [6.07, 6.45) is -3.46. The van der Waals surface area contributed by atoms with Crippen molar-refractivity contribution in [3.8, 4) is 0 Å². The summed E-state index contributed by atoms with van der Waals surface area (Å²) in [4.78, 5) is 11.6. The summed E-state index contributed by atoms with van der Waals surface area (Å²) in [6, 6.07) is -0.400. The van der Waals surface area contributed by atoms with Crippen LogP contribution < -0.4 is 0 Å². The third kappa shape index (κ3) is 3.09. The monoisotopic (exact) mass is 225 g/mol. The van der Waals surface area contributed by atoms with Gasteiger partial charge in [-0.15, -0.1) is 0 Å². The van der Waals surface area contributed by atoms with Crippen LogP contribution >= 0.6 is 0 Å². The Kier molecular flexibility index (Phi) is 3.59. The van der Waals surface area contributed by atoms with Crippen LogP contribution in [0.1, 0.15) is 25.7 Å². The molecule has 88 valence electrons. The first-order chi connectivity index (χ1) is 6.82. The third-order valence-electron chi connectivity index (χ3n) is 2.78. The van der Waals surface area contributed by atoms with Crippen LogP contribution in [0.25, 0.3) is 0 Å². The molecule has 1 N–H and O–H groups in total. The molecule has 0 bridgehead atoms. The first kappa shape index (κ1) is 12.3. The molecule has 0 atom stereocenters. The van der Waals surface area contributed by atoms with Gasteiger partial charge in [0.25, 0.3) is 0 Å². The number of aliphatic hydroxyl groups excluding tert-OH is 1. The molecule has 0 radical (unpaired) electrons. The van der Waals surface area contributed by atoms with Gasteiger partial charge in [0.1, 0.15) is 0 Å². The number of amides is 1. The smallest absolute Gasteiger partial charge is 0.393 e. The van der Waals surface area contributed by atoms with E-state index in [1.165, 1.54) is 0 Å².